The number of aromatic carboxylic acids is 1. The van der Waals surface area contributed by atoms with Gasteiger partial charge < -0.3 is 15.0 Å². The van der Waals surface area contributed by atoms with Crippen molar-refractivity contribution in [1.29, 1.82) is 0 Å². The van der Waals surface area contributed by atoms with Gasteiger partial charge >= 0.3 is 5.97 Å². The van der Waals surface area contributed by atoms with E-state index in [2.05, 4.69) is 5.32 Å². The van der Waals surface area contributed by atoms with Crippen LogP contribution in [0.3, 0.4) is 0 Å². The minimum absolute atomic E-state index is 0.0802. The van der Waals surface area contributed by atoms with Gasteiger partial charge in [-0.05, 0) is 67.3 Å². The number of carboxylic acids is 1. The highest BCUT2D eigenvalue weighted by Crippen LogP contribution is 2.58. The molecule has 0 spiro atoms. The summed E-state index contributed by atoms with van der Waals surface area (Å²) in [6.07, 6.45) is -0.0509. The van der Waals surface area contributed by atoms with E-state index in [-0.39, 0.29) is 47.5 Å². The van der Waals surface area contributed by atoms with E-state index < -0.39 is 41.0 Å². The highest BCUT2D eigenvalue weighted by molar-refractivity contribution is 6.31. The molecule has 1 saturated heterocycles. The first-order valence-corrected chi connectivity index (χ1v) is 15.5. The summed E-state index contributed by atoms with van der Waals surface area (Å²) >= 11 is 12.5. The van der Waals surface area contributed by atoms with Crippen LogP contribution in [0, 0.1) is 11.7 Å². The number of hydrogen-bond acceptors (Lipinski definition) is 4. The van der Waals surface area contributed by atoms with Crippen LogP contribution in [0.2, 0.25) is 10.0 Å². The molecule has 3 aliphatic rings. The van der Waals surface area contributed by atoms with Crippen molar-refractivity contribution in [3.8, 4) is 0 Å². The van der Waals surface area contributed by atoms with Crippen LogP contribution in [0.1, 0.15) is 59.8 Å². The fraction of sp³-hybridized carbons (Fsp3) is 0.364. The Hall–Kier alpha value is -3.60. The molecule has 2 aliphatic heterocycles. The van der Waals surface area contributed by atoms with Gasteiger partial charge in [-0.25, -0.2) is 22.9 Å². The van der Waals surface area contributed by atoms with Crippen LogP contribution in [-0.4, -0.2) is 55.5 Å². The Labute approximate surface area is 266 Å². The second kappa shape index (κ2) is 10.7. The number of carbonyl (C=O) groups excluding carboxylic acids is 1. The smallest absolute Gasteiger partial charge is 0.335 e. The van der Waals surface area contributed by atoms with Crippen molar-refractivity contribution in [2.75, 3.05) is 11.9 Å². The highest BCUT2D eigenvalue weighted by atomic mass is 35.5. The lowest BCUT2D eigenvalue weighted by Gasteiger charge is -2.45. The van der Waals surface area contributed by atoms with E-state index in [1.54, 1.807) is 49.4 Å². The SMILES string of the molecule is C[C@]1(C(=O)Nc2cccc(Cl)c2)[C@@H](c2cccc(Cl)c2F)[C@@H]2c3nc4cc(C(=O)O)ccc4n3CC[C@@H]2N1CC1CC(F)(F)C1. The van der Waals surface area contributed by atoms with Crippen LogP contribution in [0.25, 0.3) is 11.0 Å². The lowest BCUT2D eigenvalue weighted by atomic mass is 9.72. The van der Waals surface area contributed by atoms with Crippen LogP contribution in [0.15, 0.2) is 60.7 Å². The monoisotopic (exact) mass is 656 g/mol. The highest BCUT2D eigenvalue weighted by Gasteiger charge is 2.64. The van der Waals surface area contributed by atoms with E-state index in [1.807, 2.05) is 9.47 Å². The number of alkyl halides is 2. The Bertz CT molecular complexity index is 1860. The number of fused-ring (bicyclic) bond motifs is 5. The van der Waals surface area contributed by atoms with Gasteiger partial charge in [0, 0.05) is 54.5 Å². The molecule has 7 rings (SSSR count). The van der Waals surface area contributed by atoms with Gasteiger partial charge in [0.1, 0.15) is 17.2 Å². The molecule has 3 heterocycles. The Morgan fingerprint density at radius 1 is 1.09 bits per heavy atom. The van der Waals surface area contributed by atoms with Crippen molar-refractivity contribution < 1.29 is 27.9 Å². The largest absolute Gasteiger partial charge is 0.478 e. The number of amides is 1. The molecular weight excluding hydrogens is 628 g/mol. The maximum Gasteiger partial charge on any atom is 0.335 e. The molecule has 4 aromatic rings. The van der Waals surface area contributed by atoms with Crippen LogP contribution >= 0.6 is 23.2 Å². The summed E-state index contributed by atoms with van der Waals surface area (Å²) in [4.78, 5) is 33.2. The first-order chi connectivity index (χ1) is 21.4. The lowest BCUT2D eigenvalue weighted by molar-refractivity contribution is -0.135. The molecule has 1 amide bonds. The summed E-state index contributed by atoms with van der Waals surface area (Å²) < 4.78 is 46.3. The molecule has 3 aromatic carbocycles. The molecule has 45 heavy (non-hydrogen) atoms. The van der Waals surface area contributed by atoms with Gasteiger partial charge in [-0.15, -0.1) is 0 Å². The van der Waals surface area contributed by atoms with Gasteiger partial charge in [-0.1, -0.05) is 41.4 Å². The molecule has 1 saturated carbocycles. The van der Waals surface area contributed by atoms with Gasteiger partial charge in [0.2, 0.25) is 11.8 Å². The number of rotatable bonds is 6. The molecule has 1 aromatic heterocycles. The Morgan fingerprint density at radius 3 is 2.56 bits per heavy atom. The summed E-state index contributed by atoms with van der Waals surface area (Å²) in [6, 6.07) is 15.7. The number of carboxylic acid groups (broad SMARTS) is 1. The number of aromatic nitrogens is 2. The molecule has 0 unspecified atom stereocenters. The third kappa shape index (κ3) is 4.89. The standard InChI is InChI=1S/C33H29Cl2F3N4O3/c1-32(31(45)39-20-5-2-4-19(34)13-20)27(21-6-3-7-22(35)28(21)36)26-25(42(32)16-17-14-33(37,38)15-17)10-11-41-24-9-8-18(30(43)44)12-23(24)40-29(26)41/h2-9,12-13,17,25-27H,10-11,14-16H2,1H3,(H,39,45)(H,43,44)/t25-,26+,27-,32+/m0/s1. The summed E-state index contributed by atoms with van der Waals surface area (Å²) in [5, 5.41) is 12.9. The van der Waals surface area contributed by atoms with Gasteiger partial charge in [-0.2, -0.15) is 0 Å². The summed E-state index contributed by atoms with van der Waals surface area (Å²) in [5.41, 5.74) is 0.496. The van der Waals surface area contributed by atoms with E-state index in [1.165, 1.54) is 18.2 Å². The zero-order valence-electron chi connectivity index (χ0n) is 24.1. The number of halogens is 5. The number of imidazole rings is 1. The van der Waals surface area contributed by atoms with Gasteiger partial charge in [-0.3, -0.25) is 9.69 Å². The number of aryl methyl sites for hydroxylation is 1. The normalized spacial score (nSPS) is 25.9. The Morgan fingerprint density at radius 2 is 1.84 bits per heavy atom. The van der Waals surface area contributed by atoms with Gasteiger partial charge in [0.05, 0.1) is 21.6 Å². The predicted molar refractivity (Wildman–Crippen MR) is 165 cm³/mol. The third-order valence-electron chi connectivity index (χ3n) is 9.84. The van der Waals surface area contributed by atoms with Crippen LogP contribution in [-0.2, 0) is 11.3 Å². The number of anilines is 1. The quantitative estimate of drug-likeness (QED) is 0.223. The molecule has 12 heteroatoms. The second-order valence-electron chi connectivity index (χ2n) is 12.5. The maximum absolute atomic E-state index is 16.1. The summed E-state index contributed by atoms with van der Waals surface area (Å²) in [6.45, 7) is 2.44. The molecule has 4 atom stereocenters. The van der Waals surface area contributed by atoms with Crippen molar-refractivity contribution in [1.82, 2.24) is 14.5 Å². The van der Waals surface area contributed by atoms with Crippen molar-refractivity contribution >= 4 is 51.8 Å². The number of nitrogens with one attached hydrogen (secondary N) is 1. The van der Waals surface area contributed by atoms with E-state index >= 15 is 4.39 Å². The zero-order valence-corrected chi connectivity index (χ0v) is 25.6. The fourth-order valence-corrected chi connectivity index (χ4v) is 8.22. The average molecular weight is 658 g/mol. The minimum atomic E-state index is -2.76. The second-order valence-corrected chi connectivity index (χ2v) is 13.4. The molecule has 2 N–H and O–H groups in total. The van der Waals surface area contributed by atoms with Crippen LogP contribution in [0.4, 0.5) is 18.9 Å². The maximum atomic E-state index is 16.1. The summed E-state index contributed by atoms with van der Waals surface area (Å²) in [5.74, 6) is -6.12. The number of likely N-dealkylation sites (tertiary alicyclic amines) is 1. The zero-order chi connectivity index (χ0) is 31.8. The van der Waals surface area contributed by atoms with Crippen molar-refractivity contribution in [2.45, 2.75) is 62.1 Å². The molecule has 234 valence electrons. The first-order valence-electron chi connectivity index (χ1n) is 14.8. The van der Waals surface area contributed by atoms with Crippen LogP contribution < -0.4 is 5.32 Å². The van der Waals surface area contributed by atoms with Crippen molar-refractivity contribution in [3.05, 3.63) is 93.5 Å². The topological polar surface area (TPSA) is 87.5 Å². The van der Waals surface area contributed by atoms with E-state index in [4.69, 9.17) is 28.2 Å². The van der Waals surface area contributed by atoms with Crippen molar-refractivity contribution in [3.63, 3.8) is 0 Å². The molecule has 7 nitrogen and oxygen atoms in total. The molecule has 1 aliphatic carbocycles. The number of carbonyl (C=O) groups is 2. The van der Waals surface area contributed by atoms with E-state index in [9.17, 15) is 23.5 Å². The van der Waals surface area contributed by atoms with Crippen molar-refractivity contribution in [2.24, 2.45) is 5.92 Å². The minimum Gasteiger partial charge on any atom is -0.478 e. The number of nitrogens with zero attached hydrogens (tertiary/aromatic N) is 3. The van der Waals surface area contributed by atoms with E-state index in [0.29, 0.717) is 35.0 Å². The molecule has 2 fully saturated rings. The first kappa shape index (κ1) is 30.1. The average Bonchev–Trinajstić information content (AvgIpc) is 3.46. The van der Waals surface area contributed by atoms with Gasteiger partial charge in [0.25, 0.3) is 0 Å². The fourth-order valence-electron chi connectivity index (χ4n) is 7.85. The molecular formula is C33H29Cl2F3N4O3. The van der Waals surface area contributed by atoms with E-state index in [0.717, 1.165) is 5.52 Å². The number of hydrogen-bond donors (Lipinski definition) is 2. The third-order valence-corrected chi connectivity index (χ3v) is 10.4. The molecule has 0 bridgehead atoms. The summed E-state index contributed by atoms with van der Waals surface area (Å²) in [7, 11) is 0. The Balaban J connectivity index is 1.42. The number of benzene rings is 3. The molecule has 0 radical (unpaired) electrons. The Kier molecular flexibility index (Phi) is 7.18. The predicted octanol–water partition coefficient (Wildman–Crippen LogP) is 7.58. The van der Waals surface area contributed by atoms with Gasteiger partial charge in [0.15, 0.2) is 0 Å². The lowest BCUT2D eigenvalue weighted by Crippen LogP contribution is -2.58. The van der Waals surface area contributed by atoms with Crippen LogP contribution in [0.5, 0.6) is 0 Å².